The molecule has 0 aliphatic heterocycles. The van der Waals surface area contributed by atoms with Gasteiger partial charge in [-0.3, -0.25) is 4.79 Å². The van der Waals surface area contributed by atoms with Crippen molar-refractivity contribution < 1.29 is 4.79 Å². The lowest BCUT2D eigenvalue weighted by atomic mass is 9.81. The number of carbonyl (C=O) groups excluding carboxylic acids is 1. The third kappa shape index (κ3) is 5.09. The van der Waals surface area contributed by atoms with E-state index in [0.29, 0.717) is 17.9 Å². The molecule has 2 heteroatoms. The minimum Gasteiger partial charge on any atom is -0.353 e. The molecule has 0 spiro atoms. The Kier molecular flexibility index (Phi) is 7.14. The summed E-state index contributed by atoms with van der Waals surface area (Å²) in [6.45, 7) is 6.26. The molecule has 23 heavy (non-hydrogen) atoms. The first-order valence-corrected chi connectivity index (χ1v) is 9.57. The van der Waals surface area contributed by atoms with Gasteiger partial charge in [0.2, 0.25) is 5.91 Å². The zero-order valence-corrected chi connectivity index (χ0v) is 15.1. The minimum atomic E-state index is 0.284. The van der Waals surface area contributed by atoms with Crippen LogP contribution in [0.1, 0.15) is 77.2 Å². The van der Waals surface area contributed by atoms with Crippen LogP contribution in [-0.4, -0.2) is 11.9 Å². The van der Waals surface area contributed by atoms with Gasteiger partial charge in [-0.15, -0.1) is 0 Å². The van der Waals surface area contributed by atoms with Crippen LogP contribution in [0.4, 0.5) is 0 Å². The molecule has 1 amide bonds. The molecule has 2 aliphatic rings. The number of amides is 1. The molecule has 2 aliphatic carbocycles. The van der Waals surface area contributed by atoms with Crippen LogP contribution < -0.4 is 5.32 Å². The van der Waals surface area contributed by atoms with Gasteiger partial charge in [-0.05, 0) is 62.3 Å². The Hall–Kier alpha value is -1.31. The molecule has 0 bridgehead atoms. The van der Waals surface area contributed by atoms with Gasteiger partial charge >= 0.3 is 0 Å². The van der Waals surface area contributed by atoms with Crippen LogP contribution in [0.15, 0.2) is 30.3 Å². The van der Waals surface area contributed by atoms with Crippen molar-refractivity contribution in [2.75, 3.05) is 0 Å². The highest BCUT2D eigenvalue weighted by atomic mass is 16.1. The Morgan fingerprint density at radius 2 is 1.61 bits per heavy atom. The number of nitrogens with one attached hydrogen (secondary N) is 1. The largest absolute Gasteiger partial charge is 0.353 e. The minimum absolute atomic E-state index is 0.284. The highest BCUT2D eigenvalue weighted by molar-refractivity contribution is 5.79. The Morgan fingerprint density at radius 1 is 0.957 bits per heavy atom. The standard InChI is InChI=1S/C19H27NO.C2H6/c1-14-7-8-17(13-14)19(21)20-18-11-9-16(10-12-18)15-5-3-2-4-6-15;1-2/h2-6,14,16-18H,7-13H2,1H3,(H,20,21);1-2H3. The van der Waals surface area contributed by atoms with Crippen molar-refractivity contribution >= 4 is 5.91 Å². The first-order chi connectivity index (χ1) is 11.2. The summed E-state index contributed by atoms with van der Waals surface area (Å²) in [6, 6.07) is 11.2. The summed E-state index contributed by atoms with van der Waals surface area (Å²) in [5.74, 6) is 2.02. The van der Waals surface area contributed by atoms with E-state index < -0.39 is 0 Å². The Bertz CT molecular complexity index is 462. The van der Waals surface area contributed by atoms with Crippen LogP contribution in [0.5, 0.6) is 0 Å². The van der Waals surface area contributed by atoms with Gasteiger partial charge in [-0.1, -0.05) is 51.1 Å². The predicted octanol–water partition coefficient (Wildman–Crippen LogP) is 5.29. The predicted molar refractivity (Wildman–Crippen MR) is 97.4 cm³/mol. The van der Waals surface area contributed by atoms with E-state index in [2.05, 4.69) is 42.6 Å². The van der Waals surface area contributed by atoms with Crippen molar-refractivity contribution in [3.63, 3.8) is 0 Å². The van der Waals surface area contributed by atoms with Crippen LogP contribution in [0, 0.1) is 11.8 Å². The summed E-state index contributed by atoms with van der Waals surface area (Å²) in [4.78, 5) is 12.3. The molecule has 1 aromatic rings. The molecule has 2 saturated carbocycles. The summed E-state index contributed by atoms with van der Waals surface area (Å²) >= 11 is 0. The van der Waals surface area contributed by atoms with E-state index in [1.165, 1.54) is 24.8 Å². The second kappa shape index (κ2) is 9.10. The lowest BCUT2D eigenvalue weighted by molar-refractivity contribution is -0.125. The Labute approximate surface area is 142 Å². The van der Waals surface area contributed by atoms with Gasteiger partial charge in [-0.2, -0.15) is 0 Å². The molecule has 1 aromatic carbocycles. The van der Waals surface area contributed by atoms with Crippen LogP contribution >= 0.6 is 0 Å². The Morgan fingerprint density at radius 3 is 2.17 bits per heavy atom. The summed E-state index contributed by atoms with van der Waals surface area (Å²) in [6.07, 6.45) is 8.07. The van der Waals surface area contributed by atoms with Gasteiger partial charge in [-0.25, -0.2) is 0 Å². The highest BCUT2D eigenvalue weighted by Gasteiger charge is 2.30. The summed E-state index contributed by atoms with van der Waals surface area (Å²) in [7, 11) is 0. The van der Waals surface area contributed by atoms with Crippen molar-refractivity contribution in [1.29, 1.82) is 0 Å². The molecular weight excluding hydrogens is 282 g/mol. The van der Waals surface area contributed by atoms with Crippen LogP contribution in [0.25, 0.3) is 0 Å². The maximum Gasteiger partial charge on any atom is 0.223 e. The van der Waals surface area contributed by atoms with Crippen LogP contribution in [0.2, 0.25) is 0 Å². The van der Waals surface area contributed by atoms with Gasteiger partial charge in [0.15, 0.2) is 0 Å². The van der Waals surface area contributed by atoms with E-state index in [9.17, 15) is 4.79 Å². The highest BCUT2D eigenvalue weighted by Crippen LogP contribution is 2.34. The van der Waals surface area contributed by atoms with Crippen molar-refractivity contribution in [3.8, 4) is 0 Å². The quantitative estimate of drug-likeness (QED) is 0.806. The smallest absolute Gasteiger partial charge is 0.223 e. The molecule has 0 radical (unpaired) electrons. The Balaban J connectivity index is 0.000000924. The first kappa shape index (κ1) is 18.0. The van der Waals surface area contributed by atoms with Crippen molar-refractivity contribution in [3.05, 3.63) is 35.9 Å². The fourth-order valence-corrected chi connectivity index (χ4v) is 4.06. The third-order valence-corrected chi connectivity index (χ3v) is 5.41. The fraction of sp³-hybridized carbons (Fsp3) is 0.667. The number of hydrogen-bond donors (Lipinski definition) is 1. The summed E-state index contributed by atoms with van der Waals surface area (Å²) in [5.41, 5.74) is 1.46. The molecule has 2 fully saturated rings. The number of hydrogen-bond acceptors (Lipinski definition) is 1. The second-order valence-corrected chi connectivity index (χ2v) is 7.08. The monoisotopic (exact) mass is 315 g/mol. The fourth-order valence-electron chi connectivity index (χ4n) is 4.06. The first-order valence-electron chi connectivity index (χ1n) is 9.57. The van der Waals surface area contributed by atoms with Gasteiger partial charge in [0.25, 0.3) is 0 Å². The van der Waals surface area contributed by atoms with Crippen LogP contribution in [-0.2, 0) is 4.79 Å². The zero-order valence-electron chi connectivity index (χ0n) is 15.1. The molecule has 2 atom stereocenters. The molecule has 0 saturated heterocycles. The van der Waals surface area contributed by atoms with Gasteiger partial charge in [0, 0.05) is 12.0 Å². The number of rotatable bonds is 3. The summed E-state index contributed by atoms with van der Waals surface area (Å²) in [5, 5.41) is 3.31. The molecule has 128 valence electrons. The van der Waals surface area contributed by atoms with E-state index in [-0.39, 0.29) is 5.92 Å². The molecule has 2 unspecified atom stereocenters. The SMILES string of the molecule is CC.CC1CCC(C(=O)NC2CCC(c3ccccc3)CC2)C1. The molecule has 0 heterocycles. The normalized spacial score (nSPS) is 30.2. The van der Waals surface area contributed by atoms with E-state index in [1.54, 1.807) is 0 Å². The molecule has 2 nitrogen and oxygen atoms in total. The van der Waals surface area contributed by atoms with E-state index in [4.69, 9.17) is 0 Å². The molecular formula is C21H33NO. The lowest BCUT2D eigenvalue weighted by Crippen LogP contribution is -2.40. The van der Waals surface area contributed by atoms with Crippen molar-refractivity contribution in [1.82, 2.24) is 5.32 Å². The average Bonchev–Trinajstić information content (AvgIpc) is 3.05. The van der Waals surface area contributed by atoms with E-state index in [1.807, 2.05) is 13.8 Å². The van der Waals surface area contributed by atoms with Gasteiger partial charge < -0.3 is 5.32 Å². The molecule has 0 aromatic heterocycles. The number of carbonyl (C=O) groups is 1. The average molecular weight is 316 g/mol. The topological polar surface area (TPSA) is 29.1 Å². The van der Waals surface area contributed by atoms with Gasteiger partial charge in [0.05, 0.1) is 0 Å². The maximum atomic E-state index is 12.3. The second-order valence-electron chi connectivity index (χ2n) is 7.08. The van der Waals surface area contributed by atoms with E-state index >= 15 is 0 Å². The summed E-state index contributed by atoms with van der Waals surface area (Å²) < 4.78 is 0. The number of benzene rings is 1. The van der Waals surface area contributed by atoms with E-state index in [0.717, 1.165) is 31.6 Å². The molecule has 3 rings (SSSR count). The maximum absolute atomic E-state index is 12.3. The zero-order chi connectivity index (χ0) is 16.7. The van der Waals surface area contributed by atoms with Crippen molar-refractivity contribution in [2.45, 2.75) is 77.7 Å². The third-order valence-electron chi connectivity index (χ3n) is 5.41. The van der Waals surface area contributed by atoms with Crippen LogP contribution in [0.3, 0.4) is 0 Å². The van der Waals surface area contributed by atoms with Crippen molar-refractivity contribution in [2.24, 2.45) is 11.8 Å². The lowest BCUT2D eigenvalue weighted by Gasteiger charge is -2.30. The molecule has 1 N–H and O–H groups in total. The van der Waals surface area contributed by atoms with Gasteiger partial charge in [0.1, 0.15) is 0 Å².